The van der Waals surface area contributed by atoms with E-state index >= 15 is 0 Å². The van der Waals surface area contributed by atoms with E-state index in [9.17, 15) is 18.0 Å². The third-order valence-electron chi connectivity index (χ3n) is 4.77. The Morgan fingerprint density at radius 2 is 1.50 bits per heavy atom. The summed E-state index contributed by atoms with van der Waals surface area (Å²) in [6, 6.07) is 4.77. The minimum Gasteiger partial charge on any atom is -0.406 e. The molecule has 3 aliphatic heterocycles. The summed E-state index contributed by atoms with van der Waals surface area (Å²) >= 11 is 0. The number of carbonyl (C=O) groups excluding carboxylic acids is 1. The van der Waals surface area contributed by atoms with E-state index in [-0.39, 0.29) is 5.69 Å². The fraction of sp³-hybridized carbons (Fsp3) is 0.632. The molecule has 0 aliphatic carbocycles. The quantitative estimate of drug-likeness (QED) is 0.785. The average molecular weight is 433 g/mol. The Morgan fingerprint density at radius 1 is 0.933 bits per heavy atom. The van der Waals surface area contributed by atoms with Crippen LogP contribution in [-0.4, -0.2) is 54.5 Å². The third kappa shape index (κ3) is 4.40. The van der Waals surface area contributed by atoms with Gasteiger partial charge in [0.2, 0.25) is 0 Å². The highest BCUT2D eigenvalue weighted by atomic mass is 19.4. The molecule has 0 saturated carbocycles. The van der Waals surface area contributed by atoms with Gasteiger partial charge in [0.15, 0.2) is 24.0 Å². The monoisotopic (exact) mass is 433 g/mol. The molecule has 1 aromatic carbocycles. The van der Waals surface area contributed by atoms with E-state index in [4.69, 9.17) is 23.7 Å². The Balaban J connectivity index is 1.49. The van der Waals surface area contributed by atoms with E-state index in [0.717, 1.165) is 12.1 Å². The standard InChI is InChI=1S/C19H22F3NO7/c1-17(2)27-11-12(28-17)14-16(30-18(3,4)29-14)25-13(11)15(24)23-9-5-7-10(8-6-9)26-19(20,21)22/h5-8,11-14,16H,1-4H3,(H,23,24)/t11-,12+,13-,14-,16+/m1/s1. The smallest absolute Gasteiger partial charge is 0.406 e. The fourth-order valence-electron chi connectivity index (χ4n) is 3.78. The van der Waals surface area contributed by atoms with Crippen LogP contribution in [0.25, 0.3) is 0 Å². The van der Waals surface area contributed by atoms with E-state index < -0.39 is 60.3 Å². The van der Waals surface area contributed by atoms with Crippen molar-refractivity contribution in [3.8, 4) is 5.75 Å². The zero-order valence-corrected chi connectivity index (χ0v) is 16.7. The lowest BCUT2D eigenvalue weighted by molar-refractivity contribution is -0.274. The second-order valence-electron chi connectivity index (χ2n) is 8.15. The molecule has 30 heavy (non-hydrogen) atoms. The van der Waals surface area contributed by atoms with E-state index in [1.54, 1.807) is 27.7 Å². The van der Waals surface area contributed by atoms with Crippen molar-refractivity contribution in [2.75, 3.05) is 5.32 Å². The summed E-state index contributed by atoms with van der Waals surface area (Å²) in [5, 5.41) is 2.61. The maximum atomic E-state index is 12.9. The second kappa shape index (κ2) is 7.06. The van der Waals surface area contributed by atoms with Crippen molar-refractivity contribution in [2.45, 2.75) is 76.3 Å². The highest BCUT2D eigenvalue weighted by molar-refractivity contribution is 5.94. The number of ether oxygens (including phenoxy) is 6. The molecule has 1 aromatic rings. The molecule has 11 heteroatoms. The van der Waals surface area contributed by atoms with Gasteiger partial charge in [0.05, 0.1) is 0 Å². The van der Waals surface area contributed by atoms with Gasteiger partial charge in [0, 0.05) is 5.69 Å². The van der Waals surface area contributed by atoms with Crippen molar-refractivity contribution < 1.29 is 46.4 Å². The van der Waals surface area contributed by atoms with Crippen LogP contribution in [0, 0.1) is 0 Å². The molecule has 0 radical (unpaired) electrons. The molecule has 3 aliphatic rings. The second-order valence-corrected chi connectivity index (χ2v) is 8.15. The maximum Gasteiger partial charge on any atom is 0.573 e. The minimum atomic E-state index is -4.80. The zero-order valence-electron chi connectivity index (χ0n) is 16.7. The molecule has 5 atom stereocenters. The number of fused-ring (bicyclic) bond motifs is 3. The van der Waals surface area contributed by atoms with Crippen LogP contribution in [0.3, 0.4) is 0 Å². The Morgan fingerprint density at radius 3 is 2.13 bits per heavy atom. The average Bonchev–Trinajstić information content (AvgIpc) is 3.08. The van der Waals surface area contributed by atoms with Crippen molar-refractivity contribution in [3.63, 3.8) is 0 Å². The Labute approximate surface area is 170 Å². The molecule has 0 spiro atoms. The van der Waals surface area contributed by atoms with Crippen LogP contribution in [0.15, 0.2) is 24.3 Å². The molecular weight excluding hydrogens is 411 g/mol. The van der Waals surface area contributed by atoms with Crippen LogP contribution >= 0.6 is 0 Å². The summed E-state index contributed by atoms with van der Waals surface area (Å²) in [6.07, 6.45) is -8.64. The number of hydrogen-bond acceptors (Lipinski definition) is 7. The van der Waals surface area contributed by atoms with Gasteiger partial charge < -0.3 is 33.7 Å². The highest BCUT2D eigenvalue weighted by Gasteiger charge is 2.62. The lowest BCUT2D eigenvalue weighted by Crippen LogP contribution is -2.58. The van der Waals surface area contributed by atoms with Gasteiger partial charge in [-0.1, -0.05) is 0 Å². The molecule has 3 heterocycles. The predicted molar refractivity (Wildman–Crippen MR) is 94.3 cm³/mol. The number of carbonyl (C=O) groups is 1. The predicted octanol–water partition coefficient (Wildman–Crippen LogP) is 2.92. The number of alkyl halides is 3. The molecule has 8 nitrogen and oxygen atoms in total. The molecule has 166 valence electrons. The molecule has 0 bridgehead atoms. The van der Waals surface area contributed by atoms with Gasteiger partial charge in [0.1, 0.15) is 24.1 Å². The number of hydrogen-bond donors (Lipinski definition) is 1. The Hall–Kier alpha value is -1.92. The number of benzene rings is 1. The number of anilines is 1. The molecular formula is C19H22F3NO7. The van der Waals surface area contributed by atoms with Crippen molar-refractivity contribution in [2.24, 2.45) is 0 Å². The van der Waals surface area contributed by atoms with E-state index in [0.29, 0.717) is 0 Å². The molecule has 4 rings (SSSR count). The molecule has 1 N–H and O–H groups in total. The normalized spacial score (nSPS) is 34.2. The van der Waals surface area contributed by atoms with Crippen molar-refractivity contribution in [1.82, 2.24) is 0 Å². The van der Waals surface area contributed by atoms with Gasteiger partial charge in [-0.15, -0.1) is 13.2 Å². The van der Waals surface area contributed by atoms with E-state index in [1.165, 1.54) is 12.1 Å². The first-order valence-electron chi connectivity index (χ1n) is 9.35. The van der Waals surface area contributed by atoms with Crippen molar-refractivity contribution in [3.05, 3.63) is 24.3 Å². The number of halogens is 3. The number of rotatable bonds is 3. The van der Waals surface area contributed by atoms with E-state index in [1.807, 2.05) is 0 Å². The summed E-state index contributed by atoms with van der Waals surface area (Å²) in [4.78, 5) is 12.9. The highest BCUT2D eigenvalue weighted by Crippen LogP contribution is 2.44. The topological polar surface area (TPSA) is 84.5 Å². The van der Waals surface area contributed by atoms with Gasteiger partial charge in [0.25, 0.3) is 5.91 Å². The third-order valence-corrected chi connectivity index (χ3v) is 4.77. The number of amides is 1. The van der Waals surface area contributed by atoms with Crippen LogP contribution in [0.1, 0.15) is 27.7 Å². The first-order valence-corrected chi connectivity index (χ1v) is 9.35. The SMILES string of the molecule is CC1(C)O[C@H]2[C@@H](O1)[C@H](C(=O)Nc1ccc(OC(F)(F)F)cc1)O[C@H]1OC(C)(C)O[C@@H]12. The maximum absolute atomic E-state index is 12.9. The molecule has 3 saturated heterocycles. The van der Waals surface area contributed by atoms with Crippen molar-refractivity contribution in [1.29, 1.82) is 0 Å². The Bertz CT molecular complexity index is 811. The van der Waals surface area contributed by atoms with Crippen LogP contribution < -0.4 is 10.1 Å². The lowest BCUT2D eigenvalue weighted by atomic mass is 9.98. The first-order chi connectivity index (χ1) is 13.8. The van der Waals surface area contributed by atoms with Gasteiger partial charge in [-0.3, -0.25) is 4.79 Å². The van der Waals surface area contributed by atoms with Gasteiger partial charge in [-0.2, -0.15) is 0 Å². The summed E-state index contributed by atoms with van der Waals surface area (Å²) in [5.41, 5.74) is 0.263. The summed E-state index contributed by atoms with van der Waals surface area (Å²) in [7, 11) is 0. The van der Waals surface area contributed by atoms with Gasteiger partial charge in [-0.05, 0) is 52.0 Å². The zero-order chi connectivity index (χ0) is 21.9. The van der Waals surface area contributed by atoms with Crippen molar-refractivity contribution >= 4 is 11.6 Å². The fourth-order valence-corrected chi connectivity index (χ4v) is 3.78. The van der Waals surface area contributed by atoms with Crippen LogP contribution in [0.2, 0.25) is 0 Å². The van der Waals surface area contributed by atoms with Gasteiger partial charge in [-0.25, -0.2) is 0 Å². The van der Waals surface area contributed by atoms with Crippen LogP contribution in [0.4, 0.5) is 18.9 Å². The number of nitrogens with one attached hydrogen (secondary N) is 1. The Kier molecular flexibility index (Phi) is 5.02. The summed E-state index contributed by atoms with van der Waals surface area (Å²) < 4.78 is 70.0. The lowest BCUT2D eigenvalue weighted by Gasteiger charge is -2.36. The van der Waals surface area contributed by atoms with Gasteiger partial charge >= 0.3 is 6.36 Å². The van der Waals surface area contributed by atoms with E-state index in [2.05, 4.69) is 10.1 Å². The first kappa shape index (κ1) is 21.3. The van der Waals surface area contributed by atoms with Crippen LogP contribution in [0.5, 0.6) is 5.75 Å². The summed E-state index contributed by atoms with van der Waals surface area (Å²) in [6.45, 7) is 6.89. The largest absolute Gasteiger partial charge is 0.573 e. The van der Waals surface area contributed by atoms with Crippen LogP contribution in [-0.2, 0) is 28.5 Å². The molecule has 3 fully saturated rings. The molecule has 0 aromatic heterocycles. The minimum absolute atomic E-state index is 0.263. The summed E-state index contributed by atoms with van der Waals surface area (Å²) in [5.74, 6) is -2.83. The molecule has 1 amide bonds. The molecule has 0 unspecified atom stereocenters.